The highest BCUT2D eigenvalue weighted by Gasteiger charge is 2.12. The average molecular weight is 281 g/mol. The van der Waals surface area contributed by atoms with Crippen molar-refractivity contribution in [2.24, 2.45) is 0 Å². The molecule has 3 aromatic carbocycles. The Morgan fingerprint density at radius 2 is 1.09 bits per heavy atom. The molecule has 5 aromatic rings. The van der Waals surface area contributed by atoms with E-state index in [0.29, 0.717) is 0 Å². The molecule has 0 aliphatic heterocycles. The Bertz CT molecular complexity index is 1080. The molecule has 5 rings (SSSR count). The van der Waals surface area contributed by atoms with Gasteiger partial charge in [-0.25, -0.2) is 9.97 Å². The van der Waals surface area contributed by atoms with E-state index in [1.165, 1.54) is 5.39 Å². The molecule has 2 heterocycles. The second-order valence-electron chi connectivity index (χ2n) is 5.35. The van der Waals surface area contributed by atoms with Crippen molar-refractivity contribution in [1.82, 2.24) is 15.0 Å². The summed E-state index contributed by atoms with van der Waals surface area (Å²) in [6.07, 6.45) is 1.81. The Balaban J connectivity index is 2.17. The number of pyridine rings is 1. The van der Waals surface area contributed by atoms with Crippen molar-refractivity contribution in [3.05, 3.63) is 66.9 Å². The van der Waals surface area contributed by atoms with Gasteiger partial charge in [-0.15, -0.1) is 0 Å². The lowest BCUT2D eigenvalue weighted by Crippen LogP contribution is -1.92. The van der Waals surface area contributed by atoms with Crippen LogP contribution >= 0.6 is 0 Å². The average Bonchev–Trinajstić information content (AvgIpc) is 2.61. The maximum absolute atomic E-state index is 4.85. The first-order valence-electron chi connectivity index (χ1n) is 7.24. The first kappa shape index (κ1) is 11.6. The summed E-state index contributed by atoms with van der Waals surface area (Å²) < 4.78 is 0. The number of aromatic nitrogens is 3. The van der Waals surface area contributed by atoms with E-state index in [0.717, 1.165) is 38.4 Å². The van der Waals surface area contributed by atoms with E-state index >= 15 is 0 Å². The van der Waals surface area contributed by atoms with Gasteiger partial charge in [0.1, 0.15) is 5.52 Å². The third-order valence-electron chi connectivity index (χ3n) is 4.07. The fourth-order valence-electron chi connectivity index (χ4n) is 3.09. The van der Waals surface area contributed by atoms with Crippen LogP contribution in [0.2, 0.25) is 0 Å². The minimum Gasteiger partial charge on any atom is -0.254 e. The van der Waals surface area contributed by atoms with Crippen LogP contribution in [0.4, 0.5) is 0 Å². The van der Waals surface area contributed by atoms with Crippen LogP contribution in [0, 0.1) is 0 Å². The topological polar surface area (TPSA) is 38.7 Å². The van der Waals surface area contributed by atoms with E-state index in [2.05, 4.69) is 29.2 Å². The molecule has 0 radical (unpaired) electrons. The van der Waals surface area contributed by atoms with Crippen molar-refractivity contribution in [1.29, 1.82) is 0 Å². The molecule has 3 heteroatoms. The van der Waals surface area contributed by atoms with Gasteiger partial charge in [-0.1, -0.05) is 42.5 Å². The minimum absolute atomic E-state index is 0.869. The van der Waals surface area contributed by atoms with Gasteiger partial charge in [0.15, 0.2) is 0 Å². The van der Waals surface area contributed by atoms with Crippen molar-refractivity contribution in [2.45, 2.75) is 0 Å². The summed E-state index contributed by atoms with van der Waals surface area (Å²) in [5.74, 6) is 0. The fraction of sp³-hybridized carbons (Fsp3) is 0. The lowest BCUT2D eigenvalue weighted by molar-refractivity contribution is 1.38. The molecule has 0 atom stereocenters. The number of para-hydroxylation sites is 2. The van der Waals surface area contributed by atoms with Crippen molar-refractivity contribution in [3.63, 3.8) is 0 Å². The number of benzene rings is 3. The molecule has 0 amide bonds. The maximum Gasteiger partial charge on any atom is 0.116 e. The van der Waals surface area contributed by atoms with Crippen molar-refractivity contribution in [3.8, 4) is 0 Å². The zero-order chi connectivity index (χ0) is 14.5. The van der Waals surface area contributed by atoms with Crippen LogP contribution in [-0.4, -0.2) is 15.0 Å². The predicted molar refractivity (Wildman–Crippen MR) is 89.9 cm³/mol. The second kappa shape index (κ2) is 4.21. The largest absolute Gasteiger partial charge is 0.254 e. The van der Waals surface area contributed by atoms with E-state index in [9.17, 15) is 0 Å². The van der Waals surface area contributed by atoms with Crippen LogP contribution in [0.3, 0.4) is 0 Å². The molecule has 22 heavy (non-hydrogen) atoms. The van der Waals surface area contributed by atoms with Crippen LogP contribution in [0.25, 0.3) is 43.7 Å². The molecule has 0 fully saturated rings. The quantitative estimate of drug-likeness (QED) is 0.310. The smallest absolute Gasteiger partial charge is 0.116 e. The molecular formula is C19H11N3. The highest BCUT2D eigenvalue weighted by Crippen LogP contribution is 2.32. The van der Waals surface area contributed by atoms with Crippen LogP contribution < -0.4 is 0 Å². The Morgan fingerprint density at radius 1 is 0.500 bits per heavy atom. The highest BCUT2D eigenvalue weighted by molar-refractivity contribution is 6.22. The number of rotatable bonds is 0. The zero-order valence-electron chi connectivity index (χ0n) is 11.7. The predicted octanol–water partition coefficient (Wildman–Crippen LogP) is 4.48. The van der Waals surface area contributed by atoms with Crippen LogP contribution in [-0.2, 0) is 0 Å². The summed E-state index contributed by atoms with van der Waals surface area (Å²) >= 11 is 0. The van der Waals surface area contributed by atoms with E-state index in [4.69, 9.17) is 9.97 Å². The number of fused-ring (bicyclic) bond motifs is 7. The molecule has 0 unspecified atom stereocenters. The number of hydrogen-bond donors (Lipinski definition) is 0. The van der Waals surface area contributed by atoms with Crippen molar-refractivity contribution in [2.75, 3.05) is 0 Å². The molecule has 0 N–H and O–H groups in total. The molecule has 2 aromatic heterocycles. The van der Waals surface area contributed by atoms with Crippen LogP contribution in [0.5, 0.6) is 0 Å². The lowest BCUT2D eigenvalue weighted by atomic mass is 10.0. The lowest BCUT2D eigenvalue weighted by Gasteiger charge is -2.09. The summed E-state index contributed by atoms with van der Waals surface area (Å²) in [6.45, 7) is 0. The normalized spacial score (nSPS) is 11.6. The van der Waals surface area contributed by atoms with Gasteiger partial charge in [0.2, 0.25) is 0 Å². The van der Waals surface area contributed by atoms with Gasteiger partial charge >= 0.3 is 0 Å². The van der Waals surface area contributed by atoms with E-state index in [1.54, 1.807) is 0 Å². The minimum atomic E-state index is 0.869. The summed E-state index contributed by atoms with van der Waals surface area (Å²) in [5.41, 5.74) is 4.51. The van der Waals surface area contributed by atoms with Crippen molar-refractivity contribution < 1.29 is 0 Å². The van der Waals surface area contributed by atoms with Gasteiger partial charge in [-0.05, 0) is 23.6 Å². The molecule has 0 spiro atoms. The molecule has 3 nitrogen and oxygen atoms in total. The van der Waals surface area contributed by atoms with Gasteiger partial charge in [0.25, 0.3) is 0 Å². The van der Waals surface area contributed by atoms with Crippen LogP contribution in [0.1, 0.15) is 0 Å². The molecule has 0 aliphatic carbocycles. The fourth-order valence-corrected chi connectivity index (χ4v) is 3.09. The molecular weight excluding hydrogens is 270 g/mol. The third kappa shape index (κ3) is 1.48. The molecule has 102 valence electrons. The van der Waals surface area contributed by atoms with Gasteiger partial charge in [-0.3, -0.25) is 4.98 Å². The van der Waals surface area contributed by atoms with E-state index in [-0.39, 0.29) is 0 Å². The van der Waals surface area contributed by atoms with Crippen LogP contribution in [0.15, 0.2) is 66.9 Å². The van der Waals surface area contributed by atoms with Gasteiger partial charge in [0.05, 0.1) is 22.1 Å². The monoisotopic (exact) mass is 281 g/mol. The summed E-state index contributed by atoms with van der Waals surface area (Å²) in [6, 6.07) is 20.4. The number of nitrogens with zero attached hydrogens (tertiary/aromatic N) is 3. The van der Waals surface area contributed by atoms with E-state index < -0.39 is 0 Å². The Kier molecular flexibility index (Phi) is 2.22. The van der Waals surface area contributed by atoms with Gasteiger partial charge in [0, 0.05) is 17.0 Å². The standard InChI is InChI=1S/C19H11N3/c1-2-7-14-12(6-1)13-8-5-11-20-17(13)19-18(14)21-15-9-3-4-10-16(15)22-19/h1-11H. The Morgan fingerprint density at radius 3 is 1.91 bits per heavy atom. The number of hydrogen-bond acceptors (Lipinski definition) is 3. The summed E-state index contributed by atoms with van der Waals surface area (Å²) in [7, 11) is 0. The Labute approximate surface area is 126 Å². The van der Waals surface area contributed by atoms with Crippen molar-refractivity contribution >= 4 is 43.7 Å². The molecule has 0 bridgehead atoms. The maximum atomic E-state index is 4.85. The first-order valence-corrected chi connectivity index (χ1v) is 7.24. The second-order valence-corrected chi connectivity index (χ2v) is 5.35. The third-order valence-corrected chi connectivity index (χ3v) is 4.07. The molecule has 0 saturated carbocycles. The zero-order valence-corrected chi connectivity index (χ0v) is 11.7. The molecule has 0 saturated heterocycles. The van der Waals surface area contributed by atoms with E-state index in [1.807, 2.05) is 42.6 Å². The highest BCUT2D eigenvalue weighted by atomic mass is 14.8. The molecule has 0 aliphatic rings. The Hall–Kier alpha value is -3.07. The van der Waals surface area contributed by atoms with Gasteiger partial charge < -0.3 is 0 Å². The summed E-state index contributed by atoms with van der Waals surface area (Å²) in [5, 5.41) is 3.41. The SMILES string of the molecule is c1ccc2nc3c4ncccc4c4ccccc4c3nc2c1. The summed E-state index contributed by atoms with van der Waals surface area (Å²) in [4.78, 5) is 14.2. The first-order chi connectivity index (χ1) is 10.9. The van der Waals surface area contributed by atoms with Gasteiger partial charge in [-0.2, -0.15) is 0 Å².